The molecule has 2 aliphatic rings. The first-order chi connectivity index (χ1) is 19.5. The first-order valence-corrected chi connectivity index (χ1v) is 15.2. The molecule has 1 amide bonds. The minimum absolute atomic E-state index is 0.00928. The van der Waals surface area contributed by atoms with Gasteiger partial charge in [0.25, 0.3) is 0 Å². The third kappa shape index (κ3) is 6.41. The summed E-state index contributed by atoms with van der Waals surface area (Å²) in [6.45, 7) is 1.55. The summed E-state index contributed by atoms with van der Waals surface area (Å²) in [5.74, 6) is -1.37. The lowest BCUT2D eigenvalue weighted by molar-refractivity contribution is -0.138. The van der Waals surface area contributed by atoms with Crippen LogP contribution < -0.4 is 10.6 Å². The average molecular weight is 587 g/mol. The zero-order valence-corrected chi connectivity index (χ0v) is 23.5. The van der Waals surface area contributed by atoms with Crippen LogP contribution in [0.4, 0.5) is 24.5 Å². The fourth-order valence-electron chi connectivity index (χ4n) is 5.86. The Morgan fingerprint density at radius 1 is 0.976 bits per heavy atom. The molecule has 2 N–H and O–H groups in total. The molecule has 0 spiro atoms. The molecule has 2 heterocycles. The van der Waals surface area contributed by atoms with Gasteiger partial charge in [0.2, 0.25) is 15.9 Å². The Kier molecular flexibility index (Phi) is 8.37. The van der Waals surface area contributed by atoms with E-state index in [0.29, 0.717) is 24.4 Å². The lowest BCUT2D eigenvalue weighted by atomic mass is 9.85. The molecule has 5 rings (SSSR count). The number of anilines is 2. The second kappa shape index (κ2) is 11.8. The number of nitrogens with zero attached hydrogens (tertiary/aromatic N) is 2. The van der Waals surface area contributed by atoms with Crippen LogP contribution in [0.3, 0.4) is 0 Å². The standard InChI is InChI=1S/C30H33F3N4O3S/c1-20-10-13-24(18-27(20)30(31,32)33)36-29(38)26-9-5-17-37(41(39,40)25-8-4-16-34-19-25)28(26)21-11-14-23(15-12-21)35-22-6-2-3-7-22/h4,8,10-16,18-19,22,26,28,35H,2-3,5-7,9,17H2,1H3,(H,36,38)/t26-,28-/m0/s1. The van der Waals surface area contributed by atoms with Crippen molar-refractivity contribution >= 4 is 27.3 Å². The number of piperidine rings is 1. The number of rotatable bonds is 7. The monoisotopic (exact) mass is 586 g/mol. The van der Waals surface area contributed by atoms with Crippen molar-refractivity contribution in [2.24, 2.45) is 5.92 Å². The normalized spacial score (nSPS) is 20.6. The molecule has 0 bridgehead atoms. The second-order valence-electron chi connectivity index (χ2n) is 10.8. The van der Waals surface area contributed by atoms with Crippen molar-refractivity contribution in [3.05, 3.63) is 83.7 Å². The number of benzene rings is 2. The van der Waals surface area contributed by atoms with Crippen LogP contribution in [0, 0.1) is 12.8 Å². The first kappa shape index (κ1) is 29.1. The summed E-state index contributed by atoms with van der Waals surface area (Å²) in [6.07, 6.45) is 3.53. The van der Waals surface area contributed by atoms with E-state index < -0.39 is 39.6 Å². The number of hydrogen-bond acceptors (Lipinski definition) is 5. The Labute approximate surface area is 238 Å². The summed E-state index contributed by atoms with van der Waals surface area (Å²) in [6, 6.07) is 13.6. The maximum atomic E-state index is 13.8. The summed E-state index contributed by atoms with van der Waals surface area (Å²) in [7, 11) is -4.03. The topological polar surface area (TPSA) is 91.4 Å². The van der Waals surface area contributed by atoms with Crippen LogP contribution in [0.15, 0.2) is 71.9 Å². The van der Waals surface area contributed by atoms with Gasteiger partial charge >= 0.3 is 6.18 Å². The fourth-order valence-corrected chi connectivity index (χ4v) is 7.52. The maximum absolute atomic E-state index is 13.8. The number of aryl methyl sites for hydroxylation is 1. The van der Waals surface area contributed by atoms with Gasteiger partial charge < -0.3 is 10.6 Å². The number of sulfonamides is 1. The van der Waals surface area contributed by atoms with Crippen LogP contribution in [0.1, 0.15) is 61.3 Å². The summed E-state index contributed by atoms with van der Waals surface area (Å²) in [5, 5.41) is 6.15. The van der Waals surface area contributed by atoms with Crippen LogP contribution >= 0.6 is 0 Å². The molecule has 7 nitrogen and oxygen atoms in total. The minimum atomic E-state index is -4.57. The van der Waals surface area contributed by atoms with E-state index in [1.54, 1.807) is 0 Å². The minimum Gasteiger partial charge on any atom is -0.382 e. The van der Waals surface area contributed by atoms with Gasteiger partial charge in [-0.1, -0.05) is 31.0 Å². The molecule has 11 heteroatoms. The molecule has 2 aromatic carbocycles. The van der Waals surface area contributed by atoms with Crippen molar-refractivity contribution in [1.82, 2.24) is 9.29 Å². The third-order valence-electron chi connectivity index (χ3n) is 7.95. The molecule has 218 valence electrons. The lowest BCUT2D eigenvalue weighted by Gasteiger charge is -2.40. The quantitative estimate of drug-likeness (QED) is 0.328. The van der Waals surface area contributed by atoms with E-state index >= 15 is 0 Å². The van der Waals surface area contributed by atoms with Crippen molar-refractivity contribution in [2.45, 2.75) is 68.6 Å². The lowest BCUT2D eigenvalue weighted by Crippen LogP contribution is -2.46. The third-order valence-corrected chi connectivity index (χ3v) is 9.82. The Bertz CT molecular complexity index is 1480. The Hall–Kier alpha value is -3.44. The highest BCUT2D eigenvalue weighted by Crippen LogP contribution is 2.41. The second-order valence-corrected chi connectivity index (χ2v) is 12.7. The molecule has 1 saturated heterocycles. The molecule has 2 fully saturated rings. The van der Waals surface area contributed by atoms with Crippen molar-refractivity contribution in [3.63, 3.8) is 0 Å². The first-order valence-electron chi connectivity index (χ1n) is 13.8. The molecule has 1 aromatic heterocycles. The van der Waals surface area contributed by atoms with Gasteiger partial charge in [-0.05, 0) is 80.1 Å². The summed E-state index contributed by atoms with van der Waals surface area (Å²) in [4.78, 5) is 17.6. The number of nitrogens with one attached hydrogen (secondary N) is 2. The van der Waals surface area contributed by atoms with Gasteiger partial charge in [0.1, 0.15) is 4.90 Å². The summed E-state index contributed by atoms with van der Waals surface area (Å²) >= 11 is 0. The molecular weight excluding hydrogens is 553 g/mol. The Morgan fingerprint density at radius 2 is 1.68 bits per heavy atom. The predicted octanol–water partition coefficient (Wildman–Crippen LogP) is 6.54. The highest BCUT2D eigenvalue weighted by molar-refractivity contribution is 7.89. The molecular formula is C30H33F3N4O3S. The van der Waals surface area contributed by atoms with Gasteiger partial charge in [0, 0.05) is 36.4 Å². The van der Waals surface area contributed by atoms with Crippen molar-refractivity contribution < 1.29 is 26.4 Å². The number of halogens is 3. The van der Waals surface area contributed by atoms with Gasteiger partial charge in [-0.15, -0.1) is 0 Å². The van der Waals surface area contributed by atoms with Crippen LogP contribution in [0.25, 0.3) is 0 Å². The predicted molar refractivity (Wildman–Crippen MR) is 151 cm³/mol. The average Bonchev–Trinajstić information content (AvgIpc) is 3.47. The van der Waals surface area contributed by atoms with Crippen molar-refractivity contribution in [1.29, 1.82) is 0 Å². The van der Waals surface area contributed by atoms with Crippen LogP contribution in [0.2, 0.25) is 0 Å². The highest BCUT2D eigenvalue weighted by atomic mass is 32.2. The van der Waals surface area contributed by atoms with E-state index in [2.05, 4.69) is 15.6 Å². The summed E-state index contributed by atoms with van der Waals surface area (Å²) < 4.78 is 69.5. The zero-order chi connectivity index (χ0) is 29.2. The molecule has 41 heavy (non-hydrogen) atoms. The SMILES string of the molecule is Cc1ccc(NC(=O)[C@H]2CCCN(S(=O)(=O)c3cccnc3)[C@H]2c2ccc(NC3CCCC3)cc2)cc1C(F)(F)F. The number of amides is 1. The van der Waals surface area contributed by atoms with Crippen LogP contribution in [0.5, 0.6) is 0 Å². The molecule has 0 radical (unpaired) electrons. The van der Waals surface area contributed by atoms with E-state index in [-0.39, 0.29) is 22.7 Å². The van der Waals surface area contributed by atoms with E-state index in [1.807, 2.05) is 24.3 Å². The smallest absolute Gasteiger partial charge is 0.382 e. The largest absolute Gasteiger partial charge is 0.416 e. The van der Waals surface area contributed by atoms with Gasteiger partial charge in [0.15, 0.2) is 0 Å². The number of aromatic nitrogens is 1. The number of carbonyl (C=O) groups excluding carboxylic acids is 1. The zero-order valence-electron chi connectivity index (χ0n) is 22.7. The number of hydrogen-bond donors (Lipinski definition) is 2. The van der Waals surface area contributed by atoms with Crippen LogP contribution in [-0.2, 0) is 21.0 Å². The maximum Gasteiger partial charge on any atom is 0.416 e. The van der Waals surface area contributed by atoms with E-state index in [1.165, 1.54) is 60.7 Å². The molecule has 0 unspecified atom stereocenters. The molecule has 1 aliphatic heterocycles. The van der Waals surface area contributed by atoms with Gasteiger partial charge in [-0.2, -0.15) is 17.5 Å². The molecule has 3 aromatic rings. The van der Waals surface area contributed by atoms with Crippen molar-refractivity contribution in [3.8, 4) is 0 Å². The van der Waals surface area contributed by atoms with Crippen molar-refractivity contribution in [2.75, 3.05) is 17.2 Å². The van der Waals surface area contributed by atoms with Crippen LogP contribution in [-0.4, -0.2) is 36.2 Å². The van der Waals surface area contributed by atoms with Gasteiger partial charge in [-0.25, -0.2) is 8.42 Å². The van der Waals surface area contributed by atoms with Gasteiger partial charge in [-0.3, -0.25) is 9.78 Å². The van der Waals surface area contributed by atoms with E-state index in [0.717, 1.165) is 24.6 Å². The molecule has 2 atom stereocenters. The Morgan fingerprint density at radius 3 is 2.34 bits per heavy atom. The molecule has 1 aliphatic carbocycles. The highest BCUT2D eigenvalue weighted by Gasteiger charge is 2.43. The summed E-state index contributed by atoms with van der Waals surface area (Å²) in [5.41, 5.74) is 0.773. The van der Waals surface area contributed by atoms with Gasteiger partial charge in [0.05, 0.1) is 17.5 Å². The number of alkyl halides is 3. The Balaban J connectivity index is 1.48. The fraction of sp³-hybridized carbons (Fsp3) is 0.400. The van der Waals surface area contributed by atoms with E-state index in [9.17, 15) is 26.4 Å². The number of pyridine rings is 1. The number of carbonyl (C=O) groups is 1. The molecule has 1 saturated carbocycles. The van der Waals surface area contributed by atoms with E-state index in [4.69, 9.17) is 0 Å².